The Morgan fingerprint density at radius 2 is 1.82 bits per heavy atom. The van der Waals surface area contributed by atoms with E-state index in [1.165, 1.54) is 29.9 Å². The number of amides is 2. The monoisotopic (exact) mass is 391 g/mol. The lowest BCUT2D eigenvalue weighted by Gasteiger charge is -2.17. The molecule has 3 aromatic rings. The Morgan fingerprint density at radius 3 is 2.50 bits per heavy atom. The molecular formula is C22H21N3O2S. The summed E-state index contributed by atoms with van der Waals surface area (Å²) in [5, 5.41) is 5.23. The minimum atomic E-state index is -0.193. The molecule has 28 heavy (non-hydrogen) atoms. The molecule has 0 saturated heterocycles. The molecule has 3 rings (SSSR count). The molecule has 0 radical (unpaired) electrons. The van der Waals surface area contributed by atoms with Crippen LogP contribution in [0.4, 0.5) is 10.8 Å². The minimum Gasteiger partial charge on any atom is -0.348 e. The lowest BCUT2D eigenvalue weighted by molar-refractivity contribution is -0.117. The fourth-order valence-corrected chi connectivity index (χ4v) is 3.43. The molecule has 0 spiro atoms. The van der Waals surface area contributed by atoms with Gasteiger partial charge in [0.2, 0.25) is 11.8 Å². The van der Waals surface area contributed by atoms with E-state index in [4.69, 9.17) is 0 Å². The number of carbonyl (C=O) groups excluding carboxylic acids is 2. The Labute approximate surface area is 168 Å². The highest BCUT2D eigenvalue weighted by Crippen LogP contribution is 2.28. The summed E-state index contributed by atoms with van der Waals surface area (Å²) >= 11 is 1.36. The maximum atomic E-state index is 12.1. The number of hydrogen-bond acceptors (Lipinski definition) is 4. The van der Waals surface area contributed by atoms with Crippen LogP contribution in [0.3, 0.4) is 0 Å². The normalized spacial score (nSPS) is 10.8. The third-order valence-electron chi connectivity index (χ3n) is 4.02. The van der Waals surface area contributed by atoms with Gasteiger partial charge in [-0.25, -0.2) is 4.98 Å². The molecule has 0 aliphatic rings. The van der Waals surface area contributed by atoms with Crippen molar-refractivity contribution >= 4 is 40.0 Å². The summed E-state index contributed by atoms with van der Waals surface area (Å²) in [5.74, 6) is -0.312. The second kappa shape index (κ2) is 9.10. The van der Waals surface area contributed by atoms with E-state index in [2.05, 4.69) is 10.3 Å². The fraction of sp³-hybridized carbons (Fsp3) is 0.136. The predicted octanol–water partition coefficient (Wildman–Crippen LogP) is 4.47. The van der Waals surface area contributed by atoms with Gasteiger partial charge >= 0.3 is 0 Å². The smallest absolute Gasteiger partial charge is 0.244 e. The number of anilines is 2. The van der Waals surface area contributed by atoms with Crippen molar-refractivity contribution in [2.75, 3.05) is 4.90 Å². The molecule has 1 N–H and O–H groups in total. The molecule has 2 aromatic carbocycles. The molecule has 0 unspecified atom stereocenters. The van der Waals surface area contributed by atoms with Gasteiger partial charge < -0.3 is 5.32 Å². The zero-order valence-electron chi connectivity index (χ0n) is 15.8. The Morgan fingerprint density at radius 1 is 1.11 bits per heavy atom. The fourth-order valence-electron chi connectivity index (χ4n) is 2.57. The van der Waals surface area contributed by atoms with E-state index in [1.54, 1.807) is 11.0 Å². The number of thiazole rings is 1. The molecule has 0 saturated carbocycles. The maximum absolute atomic E-state index is 12.1. The molecule has 1 aromatic heterocycles. The van der Waals surface area contributed by atoms with Crippen LogP contribution in [0.1, 0.15) is 23.7 Å². The molecule has 5 nitrogen and oxygen atoms in total. The van der Waals surface area contributed by atoms with E-state index in [0.717, 1.165) is 11.3 Å². The second-order valence-corrected chi connectivity index (χ2v) is 7.12. The van der Waals surface area contributed by atoms with Gasteiger partial charge in [-0.05, 0) is 30.7 Å². The van der Waals surface area contributed by atoms with Crippen molar-refractivity contribution in [3.63, 3.8) is 0 Å². The summed E-state index contributed by atoms with van der Waals surface area (Å²) < 4.78 is 0. The molecule has 142 valence electrons. The lowest BCUT2D eigenvalue weighted by atomic mass is 10.1. The molecule has 0 aliphatic heterocycles. The van der Waals surface area contributed by atoms with Crippen LogP contribution in [0.15, 0.2) is 66.1 Å². The Hall–Kier alpha value is -3.25. The summed E-state index contributed by atoms with van der Waals surface area (Å²) in [6.07, 6.45) is 3.10. The molecule has 0 atom stereocenters. The van der Waals surface area contributed by atoms with Crippen LogP contribution in [0.25, 0.3) is 6.08 Å². The van der Waals surface area contributed by atoms with E-state index in [-0.39, 0.29) is 11.8 Å². The minimum absolute atomic E-state index is 0.119. The van der Waals surface area contributed by atoms with Crippen LogP contribution in [0, 0.1) is 6.92 Å². The number of aryl methyl sites for hydroxylation is 1. The highest BCUT2D eigenvalue weighted by Gasteiger charge is 2.17. The molecule has 6 heteroatoms. The number of nitrogens with one attached hydrogen (secondary N) is 1. The molecule has 0 bridgehead atoms. The summed E-state index contributed by atoms with van der Waals surface area (Å²) in [6, 6.07) is 17.4. The van der Waals surface area contributed by atoms with Gasteiger partial charge in [0.15, 0.2) is 5.13 Å². The van der Waals surface area contributed by atoms with Gasteiger partial charge in [-0.2, -0.15) is 0 Å². The third-order valence-corrected chi connectivity index (χ3v) is 4.87. The van der Waals surface area contributed by atoms with Crippen molar-refractivity contribution in [2.24, 2.45) is 0 Å². The number of carbonyl (C=O) groups is 2. The number of para-hydroxylation sites is 1. The first kappa shape index (κ1) is 19.5. The molecule has 1 heterocycles. The quantitative estimate of drug-likeness (QED) is 0.631. The van der Waals surface area contributed by atoms with Gasteiger partial charge in [0.25, 0.3) is 0 Å². The van der Waals surface area contributed by atoms with E-state index in [1.807, 2.05) is 66.9 Å². The van der Waals surface area contributed by atoms with Gasteiger partial charge in [-0.3, -0.25) is 14.5 Å². The van der Waals surface area contributed by atoms with Gasteiger partial charge in [0.1, 0.15) is 0 Å². The number of hydrogen-bond donors (Lipinski definition) is 1. The van der Waals surface area contributed by atoms with Crippen molar-refractivity contribution < 1.29 is 9.59 Å². The van der Waals surface area contributed by atoms with Crippen LogP contribution in [0.2, 0.25) is 0 Å². The largest absolute Gasteiger partial charge is 0.348 e. The van der Waals surface area contributed by atoms with Gasteiger partial charge in [0.05, 0.1) is 11.4 Å². The lowest BCUT2D eigenvalue weighted by Crippen LogP contribution is -2.22. The van der Waals surface area contributed by atoms with Crippen LogP contribution >= 0.6 is 11.3 Å². The Kier molecular flexibility index (Phi) is 6.34. The van der Waals surface area contributed by atoms with Crippen molar-refractivity contribution in [1.82, 2.24) is 10.3 Å². The van der Waals surface area contributed by atoms with Crippen molar-refractivity contribution in [2.45, 2.75) is 20.4 Å². The first-order chi connectivity index (χ1) is 13.5. The van der Waals surface area contributed by atoms with Crippen LogP contribution < -0.4 is 10.2 Å². The SMILES string of the molecule is CC(=O)N(c1ccccc1)c1nc(/C=C/C(=O)NCc2ccc(C)cc2)cs1. The number of nitrogens with zero attached hydrogens (tertiary/aromatic N) is 2. The zero-order valence-corrected chi connectivity index (χ0v) is 16.6. The van der Waals surface area contributed by atoms with E-state index < -0.39 is 0 Å². The van der Waals surface area contributed by atoms with Gasteiger partial charge in [-0.1, -0.05) is 48.0 Å². The van der Waals surface area contributed by atoms with Crippen molar-refractivity contribution in [1.29, 1.82) is 0 Å². The number of benzene rings is 2. The molecule has 2 amide bonds. The number of rotatable bonds is 6. The van der Waals surface area contributed by atoms with Crippen LogP contribution in [-0.4, -0.2) is 16.8 Å². The summed E-state index contributed by atoms with van der Waals surface area (Å²) in [4.78, 5) is 30.1. The highest BCUT2D eigenvalue weighted by atomic mass is 32.1. The van der Waals surface area contributed by atoms with Gasteiger partial charge in [0, 0.05) is 24.9 Å². The summed E-state index contributed by atoms with van der Waals surface area (Å²) in [5.41, 5.74) is 3.62. The first-order valence-electron chi connectivity index (χ1n) is 8.85. The number of aromatic nitrogens is 1. The van der Waals surface area contributed by atoms with Crippen LogP contribution in [-0.2, 0) is 16.1 Å². The maximum Gasteiger partial charge on any atom is 0.244 e. The van der Waals surface area contributed by atoms with Crippen molar-refractivity contribution in [3.05, 3.63) is 82.9 Å². The average molecular weight is 391 g/mol. The second-order valence-electron chi connectivity index (χ2n) is 6.28. The Balaban J connectivity index is 1.63. The first-order valence-corrected chi connectivity index (χ1v) is 9.73. The van der Waals surface area contributed by atoms with Crippen molar-refractivity contribution in [3.8, 4) is 0 Å². The average Bonchev–Trinajstić information content (AvgIpc) is 3.15. The highest BCUT2D eigenvalue weighted by molar-refractivity contribution is 7.14. The summed E-state index contributed by atoms with van der Waals surface area (Å²) in [6.45, 7) is 4.00. The third kappa shape index (κ3) is 5.14. The van der Waals surface area contributed by atoms with Crippen LogP contribution in [0.5, 0.6) is 0 Å². The molecular weight excluding hydrogens is 370 g/mol. The molecule has 0 aliphatic carbocycles. The zero-order chi connectivity index (χ0) is 19.9. The van der Waals surface area contributed by atoms with E-state index >= 15 is 0 Å². The van der Waals surface area contributed by atoms with E-state index in [9.17, 15) is 9.59 Å². The standard InChI is InChI=1S/C22H21N3O2S/c1-16-8-10-18(11-9-16)14-23-21(27)13-12-19-15-28-22(24-19)25(17(2)26)20-6-4-3-5-7-20/h3-13,15H,14H2,1-2H3,(H,23,27)/b13-12+. The topological polar surface area (TPSA) is 62.3 Å². The Bertz CT molecular complexity index is 979. The van der Waals surface area contributed by atoms with E-state index in [0.29, 0.717) is 17.4 Å². The predicted molar refractivity (Wildman–Crippen MR) is 113 cm³/mol. The summed E-state index contributed by atoms with van der Waals surface area (Å²) in [7, 11) is 0. The van der Waals surface area contributed by atoms with Gasteiger partial charge in [-0.15, -0.1) is 11.3 Å². The molecule has 0 fully saturated rings.